The molecule has 2 fully saturated rings. The maximum atomic E-state index is 5.64. The Labute approximate surface area is 153 Å². The van der Waals surface area contributed by atoms with Crippen LogP contribution >= 0.6 is 15.9 Å². The van der Waals surface area contributed by atoms with Crippen LogP contribution in [0.15, 0.2) is 33.7 Å². The number of nitrogens with one attached hydrogen (secondary N) is 2. The number of nitrogens with zero attached hydrogens (tertiary/aromatic N) is 2. The Bertz CT molecular complexity index is 560. The molecule has 1 aromatic carbocycles. The topological polar surface area (TPSA) is 48.9 Å². The molecule has 0 amide bonds. The number of rotatable bonds is 5. The van der Waals surface area contributed by atoms with Crippen LogP contribution in [0, 0.1) is 5.92 Å². The third kappa shape index (κ3) is 4.86. The number of anilines is 1. The molecule has 3 rings (SSSR count). The van der Waals surface area contributed by atoms with E-state index in [1.54, 1.807) is 0 Å². The lowest BCUT2D eigenvalue weighted by Gasteiger charge is -2.20. The van der Waals surface area contributed by atoms with Crippen molar-refractivity contribution in [2.24, 2.45) is 10.9 Å². The van der Waals surface area contributed by atoms with Crippen molar-refractivity contribution in [2.45, 2.75) is 25.4 Å². The first-order valence-electron chi connectivity index (χ1n) is 8.81. The number of benzene rings is 1. The van der Waals surface area contributed by atoms with E-state index < -0.39 is 0 Å². The van der Waals surface area contributed by atoms with Crippen LogP contribution < -0.4 is 15.5 Å². The van der Waals surface area contributed by atoms with Crippen molar-refractivity contribution in [3.8, 4) is 0 Å². The fourth-order valence-corrected chi connectivity index (χ4v) is 3.77. The SMILES string of the molecule is CN=C(NCC1CCN(c2cccc(Br)c2)C1)NCC1CCCO1. The highest BCUT2D eigenvalue weighted by molar-refractivity contribution is 9.10. The number of guanidine groups is 1. The van der Waals surface area contributed by atoms with Gasteiger partial charge in [-0.25, -0.2) is 0 Å². The van der Waals surface area contributed by atoms with Crippen molar-refractivity contribution in [3.63, 3.8) is 0 Å². The second-order valence-electron chi connectivity index (χ2n) is 6.55. The average Bonchev–Trinajstić information content (AvgIpc) is 3.27. The first-order chi connectivity index (χ1) is 11.7. The quantitative estimate of drug-likeness (QED) is 0.595. The molecule has 0 aliphatic carbocycles. The Morgan fingerprint density at radius 1 is 1.33 bits per heavy atom. The van der Waals surface area contributed by atoms with Crippen LogP contribution in [0.3, 0.4) is 0 Å². The molecule has 0 aromatic heterocycles. The van der Waals surface area contributed by atoms with Gasteiger partial charge >= 0.3 is 0 Å². The second kappa shape index (κ2) is 8.72. The summed E-state index contributed by atoms with van der Waals surface area (Å²) in [6, 6.07) is 8.55. The summed E-state index contributed by atoms with van der Waals surface area (Å²) in [7, 11) is 1.83. The summed E-state index contributed by atoms with van der Waals surface area (Å²) < 4.78 is 6.78. The summed E-state index contributed by atoms with van der Waals surface area (Å²) >= 11 is 3.56. The molecular weight excluding hydrogens is 368 g/mol. The van der Waals surface area contributed by atoms with Crippen LogP contribution in [-0.4, -0.2) is 51.9 Å². The first kappa shape index (κ1) is 17.5. The highest BCUT2D eigenvalue weighted by atomic mass is 79.9. The van der Waals surface area contributed by atoms with E-state index in [0.717, 1.165) is 49.6 Å². The van der Waals surface area contributed by atoms with Crippen molar-refractivity contribution in [2.75, 3.05) is 44.7 Å². The van der Waals surface area contributed by atoms with E-state index in [4.69, 9.17) is 4.74 Å². The molecule has 6 heteroatoms. The van der Waals surface area contributed by atoms with Gasteiger partial charge in [0.2, 0.25) is 0 Å². The van der Waals surface area contributed by atoms with Gasteiger partial charge in [0.15, 0.2) is 5.96 Å². The Kier molecular flexibility index (Phi) is 6.37. The number of ether oxygens (including phenoxy) is 1. The summed E-state index contributed by atoms with van der Waals surface area (Å²) in [5.74, 6) is 1.52. The standard InChI is InChI=1S/C18H27BrN4O/c1-20-18(22-12-17-6-3-9-24-17)21-11-14-7-8-23(13-14)16-5-2-4-15(19)10-16/h2,4-5,10,14,17H,3,6-9,11-13H2,1H3,(H2,20,21,22). The van der Waals surface area contributed by atoms with E-state index in [2.05, 4.69) is 60.7 Å². The van der Waals surface area contributed by atoms with Crippen LogP contribution in [0.4, 0.5) is 5.69 Å². The largest absolute Gasteiger partial charge is 0.376 e. The van der Waals surface area contributed by atoms with Crippen molar-refractivity contribution in [3.05, 3.63) is 28.7 Å². The highest BCUT2D eigenvalue weighted by Gasteiger charge is 2.23. The molecule has 2 aliphatic rings. The molecule has 2 aliphatic heterocycles. The fourth-order valence-electron chi connectivity index (χ4n) is 3.38. The van der Waals surface area contributed by atoms with Crippen LogP contribution in [0.5, 0.6) is 0 Å². The third-order valence-electron chi connectivity index (χ3n) is 4.76. The maximum absolute atomic E-state index is 5.64. The molecule has 132 valence electrons. The molecule has 0 radical (unpaired) electrons. The van der Waals surface area contributed by atoms with Gasteiger partial charge in [-0.3, -0.25) is 4.99 Å². The number of hydrogen-bond acceptors (Lipinski definition) is 3. The van der Waals surface area contributed by atoms with Crippen LogP contribution in [-0.2, 0) is 4.74 Å². The predicted octanol–water partition coefficient (Wildman–Crippen LogP) is 2.62. The molecule has 2 N–H and O–H groups in total. The molecule has 2 unspecified atom stereocenters. The Morgan fingerprint density at radius 2 is 2.21 bits per heavy atom. The molecule has 2 saturated heterocycles. The first-order valence-corrected chi connectivity index (χ1v) is 9.60. The Hall–Kier alpha value is -1.27. The number of hydrogen-bond donors (Lipinski definition) is 2. The van der Waals surface area contributed by atoms with E-state index in [-0.39, 0.29) is 0 Å². The van der Waals surface area contributed by atoms with Crippen LogP contribution in [0.1, 0.15) is 19.3 Å². The Morgan fingerprint density at radius 3 is 2.96 bits per heavy atom. The summed E-state index contributed by atoms with van der Waals surface area (Å²) in [4.78, 5) is 6.78. The fraction of sp³-hybridized carbons (Fsp3) is 0.611. The van der Waals surface area contributed by atoms with Gasteiger partial charge in [-0.15, -0.1) is 0 Å². The molecule has 0 spiro atoms. The summed E-state index contributed by atoms with van der Waals surface area (Å²) in [5, 5.41) is 6.85. The number of aliphatic imine (C=N–C) groups is 1. The van der Waals surface area contributed by atoms with Crippen LogP contribution in [0.25, 0.3) is 0 Å². The molecule has 1 aromatic rings. The third-order valence-corrected chi connectivity index (χ3v) is 5.26. The van der Waals surface area contributed by atoms with Crippen molar-refractivity contribution in [1.29, 1.82) is 0 Å². The lowest BCUT2D eigenvalue weighted by Crippen LogP contribution is -2.43. The van der Waals surface area contributed by atoms with Crippen molar-refractivity contribution in [1.82, 2.24) is 10.6 Å². The maximum Gasteiger partial charge on any atom is 0.191 e. The second-order valence-corrected chi connectivity index (χ2v) is 7.47. The molecule has 0 bridgehead atoms. The monoisotopic (exact) mass is 394 g/mol. The minimum atomic E-state index is 0.335. The smallest absolute Gasteiger partial charge is 0.191 e. The van der Waals surface area contributed by atoms with Gasteiger partial charge in [-0.1, -0.05) is 22.0 Å². The predicted molar refractivity (Wildman–Crippen MR) is 103 cm³/mol. The van der Waals surface area contributed by atoms with Crippen LogP contribution in [0.2, 0.25) is 0 Å². The van der Waals surface area contributed by atoms with Gasteiger partial charge in [0.25, 0.3) is 0 Å². The summed E-state index contributed by atoms with van der Waals surface area (Å²) in [5.41, 5.74) is 1.30. The molecule has 2 atom stereocenters. The van der Waals surface area contributed by atoms with Gasteiger partial charge in [-0.05, 0) is 43.4 Å². The van der Waals surface area contributed by atoms with Gasteiger partial charge in [0.05, 0.1) is 6.10 Å². The zero-order chi connectivity index (χ0) is 16.8. The normalized spacial score (nSPS) is 24.4. The van der Waals surface area contributed by atoms with E-state index in [1.807, 2.05) is 7.05 Å². The van der Waals surface area contributed by atoms with E-state index in [0.29, 0.717) is 12.0 Å². The highest BCUT2D eigenvalue weighted by Crippen LogP contribution is 2.25. The lowest BCUT2D eigenvalue weighted by atomic mass is 10.1. The van der Waals surface area contributed by atoms with E-state index in [1.165, 1.54) is 18.5 Å². The van der Waals surface area contributed by atoms with Gasteiger partial charge in [-0.2, -0.15) is 0 Å². The minimum absolute atomic E-state index is 0.335. The van der Waals surface area contributed by atoms with Gasteiger partial charge in [0, 0.05) is 50.0 Å². The molecule has 5 nitrogen and oxygen atoms in total. The minimum Gasteiger partial charge on any atom is -0.376 e. The molecule has 2 heterocycles. The molecular formula is C18H27BrN4O. The van der Waals surface area contributed by atoms with Crippen molar-refractivity contribution < 1.29 is 4.74 Å². The summed E-state index contributed by atoms with van der Waals surface area (Å²) in [6.45, 7) is 4.90. The average molecular weight is 395 g/mol. The zero-order valence-electron chi connectivity index (χ0n) is 14.3. The molecule has 24 heavy (non-hydrogen) atoms. The lowest BCUT2D eigenvalue weighted by molar-refractivity contribution is 0.114. The summed E-state index contributed by atoms with van der Waals surface area (Å²) in [6.07, 6.45) is 3.87. The molecule has 0 saturated carbocycles. The van der Waals surface area contributed by atoms with Gasteiger partial charge < -0.3 is 20.3 Å². The zero-order valence-corrected chi connectivity index (χ0v) is 15.9. The van der Waals surface area contributed by atoms with E-state index >= 15 is 0 Å². The Balaban J connectivity index is 1.41. The van der Waals surface area contributed by atoms with Crippen molar-refractivity contribution >= 4 is 27.6 Å². The number of halogens is 1. The van der Waals surface area contributed by atoms with Gasteiger partial charge in [0.1, 0.15) is 0 Å². The van der Waals surface area contributed by atoms with E-state index in [9.17, 15) is 0 Å².